The van der Waals surface area contributed by atoms with Crippen LogP contribution in [0, 0.1) is 0 Å². The Labute approximate surface area is 360 Å². The van der Waals surface area contributed by atoms with Gasteiger partial charge in [-0.2, -0.15) is 10.2 Å². The molecular weight excluding hydrogens is 809 g/mol. The number of aromatic carboxylic acids is 1. The van der Waals surface area contributed by atoms with E-state index in [0.717, 1.165) is 76.4 Å². The lowest BCUT2D eigenvalue weighted by Gasteiger charge is -2.20. The van der Waals surface area contributed by atoms with Gasteiger partial charge in [0.05, 0.1) is 66.0 Å². The number of rotatable bonds is 13. The van der Waals surface area contributed by atoms with Crippen molar-refractivity contribution >= 4 is 35.1 Å². The average molecular weight is 853 g/mol. The molecule has 0 bridgehead atoms. The number of aromatic nitrogens is 4. The topological polar surface area (TPSA) is 262 Å². The van der Waals surface area contributed by atoms with Crippen molar-refractivity contribution in [3.8, 4) is 22.9 Å². The van der Waals surface area contributed by atoms with E-state index in [1.54, 1.807) is 75.0 Å². The molecule has 18 nitrogen and oxygen atoms in total. The second-order valence-corrected chi connectivity index (χ2v) is 14.7. The van der Waals surface area contributed by atoms with Crippen molar-refractivity contribution in [2.45, 2.75) is 57.5 Å². The Bertz CT molecular complexity index is 2760. The molecule has 0 saturated heterocycles. The van der Waals surface area contributed by atoms with Gasteiger partial charge in [0.1, 0.15) is 17.5 Å². The monoisotopic (exact) mass is 852 g/mol. The Morgan fingerprint density at radius 3 is 2.00 bits per heavy atom. The maximum absolute atomic E-state index is 13.0. The summed E-state index contributed by atoms with van der Waals surface area (Å²) >= 11 is 0. The first-order valence-corrected chi connectivity index (χ1v) is 20.1. The average Bonchev–Trinajstić information content (AvgIpc) is 3.90. The smallest absolute Gasteiger partial charge is 0.340 e. The largest absolute Gasteiger partial charge is 0.508 e. The number of para-hydroxylation sites is 2. The number of benzene rings is 4. The number of carbonyl (C=O) groups excluding carboxylic acids is 3. The van der Waals surface area contributed by atoms with Crippen molar-refractivity contribution in [2.24, 2.45) is 10.8 Å². The van der Waals surface area contributed by atoms with E-state index in [1.807, 2.05) is 33.6 Å². The van der Waals surface area contributed by atoms with Crippen molar-refractivity contribution < 1.29 is 38.9 Å². The summed E-state index contributed by atoms with van der Waals surface area (Å²) in [4.78, 5) is 52.0. The molecule has 0 fully saturated rings. The number of ether oxygens (including phenoxy) is 2. The standard InChI is InChI=1S/C24H24N6O4.C21H20N4O4/c1-3-34-24(32)18-6-4-5-7-19(18)27-23(31)20(28-29-25)13-16-14-26-30-21-11-9-17(33-2)12-15(21)8-10-22(16)30;22-16(20(27)24-17-4-2-1-3-15(17)21(28)29)10-13-11-23-25-18-8-6-14(26)9-12(18)5-7-19(13)25/h4-7,9,11-12,14,20H,3,8,10,13H2,1-2H3,(H,27,31);1-4,6,8-9,11,16,26H,5,7,10,22H2,(H,24,27)(H,28,29). The number of esters is 1. The summed E-state index contributed by atoms with van der Waals surface area (Å²) in [7, 11) is 1.63. The minimum atomic E-state index is -1.12. The van der Waals surface area contributed by atoms with Gasteiger partial charge in [0.15, 0.2) is 0 Å². The quantitative estimate of drug-likeness (QED) is 0.0395. The number of nitrogens with one attached hydrogen (secondary N) is 2. The molecule has 2 amide bonds. The number of nitrogens with two attached hydrogens (primary N) is 1. The van der Waals surface area contributed by atoms with Crippen molar-refractivity contribution in [3.05, 3.63) is 153 Å². The maximum Gasteiger partial charge on any atom is 0.340 e. The van der Waals surface area contributed by atoms with Crippen molar-refractivity contribution in [1.29, 1.82) is 0 Å². The lowest BCUT2D eigenvalue weighted by Crippen LogP contribution is -2.38. The molecule has 2 aliphatic rings. The molecule has 322 valence electrons. The molecule has 0 aliphatic carbocycles. The van der Waals surface area contributed by atoms with E-state index in [9.17, 15) is 29.4 Å². The molecule has 2 atom stereocenters. The molecule has 4 heterocycles. The van der Waals surface area contributed by atoms with Crippen molar-refractivity contribution in [2.75, 3.05) is 24.4 Å². The number of carbonyl (C=O) groups is 4. The number of methoxy groups -OCH3 is 1. The first-order valence-electron chi connectivity index (χ1n) is 20.1. The van der Waals surface area contributed by atoms with E-state index < -0.39 is 35.8 Å². The molecule has 0 spiro atoms. The van der Waals surface area contributed by atoms with Crippen LogP contribution in [0.3, 0.4) is 0 Å². The SMILES string of the molecule is CCOC(=O)c1ccccc1NC(=O)C(Cc1cnn2c1CCc1cc(OC)ccc1-2)N=[N+]=[N-].NC(Cc1cnn2c1CCc1cc(O)ccc1-2)C(=O)Nc1ccccc1C(=O)O. The lowest BCUT2D eigenvalue weighted by atomic mass is 9.97. The third kappa shape index (κ3) is 9.52. The first kappa shape index (κ1) is 43.1. The Morgan fingerprint density at radius 1 is 0.810 bits per heavy atom. The predicted octanol–water partition coefficient (Wildman–Crippen LogP) is 5.90. The lowest BCUT2D eigenvalue weighted by molar-refractivity contribution is -0.118. The van der Waals surface area contributed by atoms with Crippen molar-refractivity contribution in [3.63, 3.8) is 0 Å². The third-order valence-electron chi connectivity index (χ3n) is 10.8. The molecule has 2 aliphatic heterocycles. The first-order chi connectivity index (χ1) is 30.5. The third-order valence-corrected chi connectivity index (χ3v) is 10.8. The summed E-state index contributed by atoms with van der Waals surface area (Å²) in [5.74, 6) is -1.63. The number of anilines is 2. The summed E-state index contributed by atoms with van der Waals surface area (Å²) in [6.45, 7) is 1.92. The van der Waals surface area contributed by atoms with Crippen LogP contribution in [-0.2, 0) is 52.9 Å². The molecule has 2 unspecified atom stereocenters. The highest BCUT2D eigenvalue weighted by atomic mass is 16.5. The minimum Gasteiger partial charge on any atom is -0.508 e. The van der Waals surface area contributed by atoms with Gasteiger partial charge in [0.25, 0.3) is 0 Å². The van der Waals surface area contributed by atoms with Gasteiger partial charge in [-0.25, -0.2) is 19.0 Å². The molecular formula is C45H44N10O8. The molecule has 4 aromatic carbocycles. The molecule has 6 N–H and O–H groups in total. The number of hydrogen-bond donors (Lipinski definition) is 5. The van der Waals surface area contributed by atoms with Crippen molar-refractivity contribution in [1.82, 2.24) is 19.6 Å². The highest BCUT2D eigenvalue weighted by Gasteiger charge is 2.27. The van der Waals surface area contributed by atoms with E-state index in [-0.39, 0.29) is 42.0 Å². The number of nitrogens with zero attached hydrogens (tertiary/aromatic N) is 7. The molecule has 0 radical (unpaired) electrons. The van der Waals surface area contributed by atoms with Crippen LogP contribution in [0.2, 0.25) is 0 Å². The Balaban J connectivity index is 0.000000191. The summed E-state index contributed by atoms with van der Waals surface area (Å²) in [6.07, 6.45) is 6.88. The van der Waals surface area contributed by atoms with E-state index in [4.69, 9.17) is 20.7 Å². The number of phenols is 1. The number of fused-ring (bicyclic) bond motifs is 6. The Kier molecular flexibility index (Phi) is 13.1. The van der Waals surface area contributed by atoms with Gasteiger partial charge in [0, 0.05) is 16.3 Å². The molecule has 18 heteroatoms. The minimum absolute atomic E-state index is 0.0100. The second kappa shape index (κ2) is 19.2. The van der Waals surface area contributed by atoms with Crippen LogP contribution < -0.4 is 21.1 Å². The molecule has 6 aromatic rings. The van der Waals surface area contributed by atoms with Crippen LogP contribution in [0.1, 0.15) is 61.3 Å². The number of hydrogen-bond acceptors (Lipinski definition) is 11. The molecule has 0 saturated carbocycles. The van der Waals surface area contributed by atoms with Gasteiger partial charge in [-0.05, 0) is 134 Å². The van der Waals surface area contributed by atoms with E-state index >= 15 is 0 Å². The number of amides is 2. The highest BCUT2D eigenvalue weighted by Crippen LogP contribution is 2.31. The van der Waals surface area contributed by atoms with Crippen LogP contribution in [-0.4, -0.2) is 79.3 Å². The van der Waals surface area contributed by atoms with E-state index in [1.165, 1.54) is 12.1 Å². The summed E-state index contributed by atoms with van der Waals surface area (Å²) < 4.78 is 14.0. The number of aryl methyl sites for hydroxylation is 2. The van der Waals surface area contributed by atoms with Gasteiger partial charge < -0.3 is 36.1 Å². The number of carboxylic acid groups (broad SMARTS) is 1. The molecule has 2 aromatic heterocycles. The molecule has 8 rings (SSSR count). The van der Waals surface area contributed by atoms with Crippen LogP contribution in [0.25, 0.3) is 21.8 Å². The Morgan fingerprint density at radius 2 is 1.38 bits per heavy atom. The van der Waals surface area contributed by atoms with Gasteiger partial charge >= 0.3 is 11.9 Å². The summed E-state index contributed by atoms with van der Waals surface area (Å²) in [5, 5.41) is 36.9. The summed E-state index contributed by atoms with van der Waals surface area (Å²) in [5.41, 5.74) is 23.6. The molecule has 63 heavy (non-hydrogen) atoms. The fourth-order valence-electron chi connectivity index (χ4n) is 7.67. The van der Waals surface area contributed by atoms with Gasteiger partial charge in [0.2, 0.25) is 11.8 Å². The zero-order valence-electron chi connectivity index (χ0n) is 34.4. The number of carboxylic acids is 1. The Hall–Kier alpha value is -7.95. The summed E-state index contributed by atoms with van der Waals surface area (Å²) in [6, 6.07) is 21.9. The fourth-order valence-corrected chi connectivity index (χ4v) is 7.67. The van der Waals surface area contributed by atoms with E-state index in [2.05, 4.69) is 30.9 Å². The van der Waals surface area contributed by atoms with Gasteiger partial charge in [-0.1, -0.05) is 29.4 Å². The number of azide groups is 1. The zero-order valence-corrected chi connectivity index (χ0v) is 34.4. The highest BCUT2D eigenvalue weighted by molar-refractivity contribution is 6.03. The predicted molar refractivity (Wildman–Crippen MR) is 232 cm³/mol. The van der Waals surface area contributed by atoms with Gasteiger partial charge in [-0.3, -0.25) is 9.59 Å². The second-order valence-electron chi connectivity index (χ2n) is 14.7. The van der Waals surface area contributed by atoms with Gasteiger partial charge in [-0.15, -0.1) is 0 Å². The zero-order chi connectivity index (χ0) is 44.6. The van der Waals surface area contributed by atoms with Crippen LogP contribution in [0.4, 0.5) is 11.4 Å². The van der Waals surface area contributed by atoms with Crippen LogP contribution in [0.15, 0.2) is 102 Å². The normalized spacial score (nSPS) is 12.9. The number of phenolic OH excluding ortho intramolecular Hbond substituents is 1. The van der Waals surface area contributed by atoms with E-state index in [0.29, 0.717) is 5.69 Å². The fraction of sp³-hybridized carbons (Fsp3) is 0.244. The maximum atomic E-state index is 13.0. The number of aromatic hydroxyl groups is 1. The van der Waals surface area contributed by atoms with Crippen LogP contribution >= 0.6 is 0 Å². The van der Waals surface area contributed by atoms with Crippen LogP contribution in [0.5, 0.6) is 11.5 Å².